The van der Waals surface area contributed by atoms with Crippen LogP contribution < -0.4 is 9.47 Å². The van der Waals surface area contributed by atoms with Crippen LogP contribution in [-0.4, -0.2) is 48.9 Å². The van der Waals surface area contributed by atoms with Gasteiger partial charge in [0.05, 0.1) is 12.2 Å². The second kappa shape index (κ2) is 7.27. The molecule has 132 valence electrons. The summed E-state index contributed by atoms with van der Waals surface area (Å²) in [5, 5.41) is 8.95. The molecule has 1 aromatic carbocycles. The van der Waals surface area contributed by atoms with E-state index in [0.717, 1.165) is 11.8 Å². The number of nitrogens with zero attached hydrogens (tertiary/aromatic N) is 1. The molecule has 3 rings (SSSR count). The van der Waals surface area contributed by atoms with Crippen molar-refractivity contribution in [2.75, 3.05) is 27.1 Å². The number of aromatic carboxylic acids is 1. The Hall–Kier alpha value is -3.00. The van der Waals surface area contributed by atoms with E-state index in [9.17, 15) is 9.59 Å². The summed E-state index contributed by atoms with van der Waals surface area (Å²) in [6, 6.07) is 6.64. The minimum atomic E-state index is -1.15. The molecule has 0 unspecified atom stereocenters. The number of amides is 1. The average molecular weight is 347 g/mol. The van der Waals surface area contributed by atoms with Gasteiger partial charge in [0.15, 0.2) is 17.3 Å². The van der Waals surface area contributed by atoms with Gasteiger partial charge in [0.25, 0.3) is 5.91 Å². The fraction of sp³-hybridized carbons (Fsp3) is 0.294. The monoisotopic (exact) mass is 347 g/mol. The molecule has 0 spiro atoms. The molecule has 8 nitrogen and oxygen atoms in total. The third-order valence-electron chi connectivity index (χ3n) is 3.72. The van der Waals surface area contributed by atoms with E-state index in [1.807, 2.05) is 6.07 Å². The number of benzene rings is 1. The molecule has 1 amide bonds. The molecule has 0 radical (unpaired) electrons. The van der Waals surface area contributed by atoms with Crippen LogP contribution in [0.1, 0.15) is 26.5 Å². The number of furan rings is 1. The van der Waals surface area contributed by atoms with Gasteiger partial charge in [-0.15, -0.1) is 0 Å². The molecule has 1 aliphatic rings. The van der Waals surface area contributed by atoms with Crippen molar-refractivity contribution in [3.8, 4) is 11.5 Å². The van der Waals surface area contributed by atoms with Crippen molar-refractivity contribution in [3.63, 3.8) is 0 Å². The predicted octanol–water partition coefficient (Wildman–Crippen LogP) is 2.00. The molecule has 25 heavy (non-hydrogen) atoms. The number of ether oxygens (including phenoxy) is 3. The topological polar surface area (TPSA) is 98.4 Å². The van der Waals surface area contributed by atoms with Gasteiger partial charge in [-0.3, -0.25) is 4.79 Å². The van der Waals surface area contributed by atoms with E-state index in [0.29, 0.717) is 31.2 Å². The Balaban J connectivity index is 1.78. The van der Waals surface area contributed by atoms with E-state index in [2.05, 4.69) is 0 Å². The molecule has 0 atom stereocenters. The number of fused-ring (bicyclic) bond motifs is 1. The number of carbonyl (C=O) groups excluding carboxylic acids is 1. The standard InChI is InChI=1S/C17H17NO7/c1-22-5-4-18(16(19)15-7-12(9-23-15)17(20)21)8-11-2-3-13-14(6-11)25-10-24-13/h2-3,6-7,9H,4-5,8,10H2,1H3,(H,20,21). The number of rotatable bonds is 7. The van der Waals surface area contributed by atoms with Gasteiger partial charge >= 0.3 is 5.97 Å². The quantitative estimate of drug-likeness (QED) is 0.818. The fourth-order valence-corrected chi connectivity index (χ4v) is 2.43. The zero-order chi connectivity index (χ0) is 17.8. The summed E-state index contributed by atoms with van der Waals surface area (Å²) in [5.41, 5.74) is 0.775. The first-order valence-corrected chi connectivity index (χ1v) is 7.57. The summed E-state index contributed by atoms with van der Waals surface area (Å²) in [6.45, 7) is 1.13. The van der Waals surface area contributed by atoms with E-state index in [4.69, 9.17) is 23.7 Å². The van der Waals surface area contributed by atoms with Crippen molar-refractivity contribution < 1.29 is 33.3 Å². The zero-order valence-electron chi connectivity index (χ0n) is 13.6. The number of hydrogen-bond acceptors (Lipinski definition) is 6. The molecule has 1 N–H and O–H groups in total. The molecule has 0 aliphatic carbocycles. The Morgan fingerprint density at radius 1 is 1.24 bits per heavy atom. The average Bonchev–Trinajstić information content (AvgIpc) is 3.26. The van der Waals surface area contributed by atoms with Crippen molar-refractivity contribution in [2.45, 2.75) is 6.54 Å². The fourth-order valence-electron chi connectivity index (χ4n) is 2.43. The molecule has 1 aliphatic heterocycles. The van der Waals surface area contributed by atoms with E-state index in [1.165, 1.54) is 11.0 Å². The van der Waals surface area contributed by atoms with Crippen LogP contribution in [-0.2, 0) is 11.3 Å². The lowest BCUT2D eigenvalue weighted by molar-refractivity contribution is 0.0648. The van der Waals surface area contributed by atoms with Gasteiger partial charge in [-0.25, -0.2) is 4.79 Å². The maximum Gasteiger partial charge on any atom is 0.338 e. The molecule has 0 saturated carbocycles. The Kier molecular flexibility index (Phi) is 4.90. The second-order valence-electron chi connectivity index (χ2n) is 5.41. The summed E-state index contributed by atoms with van der Waals surface area (Å²) in [6.07, 6.45) is 1.05. The van der Waals surface area contributed by atoms with Crippen LogP contribution in [0, 0.1) is 0 Å². The van der Waals surface area contributed by atoms with Crippen LogP contribution in [0.4, 0.5) is 0 Å². The first-order chi connectivity index (χ1) is 12.1. The molecule has 0 saturated heterocycles. The molecule has 0 bridgehead atoms. The Labute approximate surface area is 143 Å². The molecule has 2 heterocycles. The third-order valence-corrected chi connectivity index (χ3v) is 3.72. The summed E-state index contributed by atoms with van der Waals surface area (Å²) in [5.74, 6) is -0.308. The van der Waals surface area contributed by atoms with E-state index in [1.54, 1.807) is 19.2 Å². The Morgan fingerprint density at radius 2 is 2.04 bits per heavy atom. The maximum atomic E-state index is 12.7. The first kappa shape index (κ1) is 16.8. The normalized spacial score (nSPS) is 12.2. The predicted molar refractivity (Wildman–Crippen MR) is 84.8 cm³/mol. The number of carboxylic acids is 1. The van der Waals surface area contributed by atoms with Crippen LogP contribution in [0.15, 0.2) is 34.9 Å². The lowest BCUT2D eigenvalue weighted by Gasteiger charge is -2.21. The third kappa shape index (κ3) is 3.74. The van der Waals surface area contributed by atoms with Gasteiger partial charge in [0.2, 0.25) is 6.79 Å². The highest BCUT2D eigenvalue weighted by Crippen LogP contribution is 2.32. The van der Waals surface area contributed by atoms with Gasteiger partial charge in [-0.2, -0.15) is 0 Å². The highest BCUT2D eigenvalue weighted by Gasteiger charge is 2.22. The van der Waals surface area contributed by atoms with E-state index in [-0.39, 0.29) is 18.1 Å². The summed E-state index contributed by atoms with van der Waals surface area (Å²) < 4.78 is 20.8. The molecule has 0 fully saturated rings. The smallest absolute Gasteiger partial charge is 0.338 e. The maximum absolute atomic E-state index is 12.7. The Bertz CT molecular complexity index is 783. The van der Waals surface area contributed by atoms with Gasteiger partial charge < -0.3 is 28.6 Å². The van der Waals surface area contributed by atoms with Gasteiger partial charge in [-0.05, 0) is 17.7 Å². The van der Waals surface area contributed by atoms with Crippen LogP contribution >= 0.6 is 0 Å². The lowest BCUT2D eigenvalue weighted by atomic mass is 10.2. The molecule has 8 heteroatoms. The van der Waals surface area contributed by atoms with Crippen LogP contribution in [0.5, 0.6) is 11.5 Å². The number of methoxy groups -OCH3 is 1. The van der Waals surface area contributed by atoms with Gasteiger partial charge in [0.1, 0.15) is 6.26 Å². The lowest BCUT2D eigenvalue weighted by Crippen LogP contribution is -2.33. The highest BCUT2D eigenvalue weighted by molar-refractivity contribution is 5.95. The van der Waals surface area contributed by atoms with Crippen molar-refractivity contribution in [1.82, 2.24) is 4.90 Å². The van der Waals surface area contributed by atoms with Crippen LogP contribution in [0.2, 0.25) is 0 Å². The number of carbonyl (C=O) groups is 2. The highest BCUT2D eigenvalue weighted by atomic mass is 16.7. The molecule has 2 aromatic rings. The first-order valence-electron chi connectivity index (χ1n) is 7.57. The molecular weight excluding hydrogens is 330 g/mol. The van der Waals surface area contributed by atoms with E-state index >= 15 is 0 Å². The number of carboxylic acid groups (broad SMARTS) is 1. The van der Waals surface area contributed by atoms with E-state index < -0.39 is 11.9 Å². The van der Waals surface area contributed by atoms with Crippen molar-refractivity contribution in [3.05, 3.63) is 47.4 Å². The van der Waals surface area contributed by atoms with Crippen LogP contribution in [0.3, 0.4) is 0 Å². The van der Waals surface area contributed by atoms with Crippen molar-refractivity contribution in [2.24, 2.45) is 0 Å². The second-order valence-corrected chi connectivity index (χ2v) is 5.41. The van der Waals surface area contributed by atoms with Crippen LogP contribution in [0.25, 0.3) is 0 Å². The number of hydrogen-bond donors (Lipinski definition) is 1. The van der Waals surface area contributed by atoms with Gasteiger partial charge in [-0.1, -0.05) is 6.07 Å². The largest absolute Gasteiger partial charge is 0.478 e. The van der Waals surface area contributed by atoms with Crippen molar-refractivity contribution in [1.29, 1.82) is 0 Å². The molecule has 1 aromatic heterocycles. The SMILES string of the molecule is COCCN(Cc1ccc2c(c1)OCO2)C(=O)c1cc(C(=O)O)co1. The summed E-state index contributed by atoms with van der Waals surface area (Å²) in [4.78, 5) is 25.1. The summed E-state index contributed by atoms with van der Waals surface area (Å²) >= 11 is 0. The summed E-state index contributed by atoms with van der Waals surface area (Å²) in [7, 11) is 1.54. The van der Waals surface area contributed by atoms with Crippen molar-refractivity contribution >= 4 is 11.9 Å². The minimum Gasteiger partial charge on any atom is -0.478 e. The minimum absolute atomic E-state index is 0.0331. The molecular formula is C17H17NO7. The Morgan fingerprint density at radius 3 is 2.76 bits per heavy atom. The van der Waals surface area contributed by atoms with Gasteiger partial charge in [0, 0.05) is 26.3 Å². The zero-order valence-corrected chi connectivity index (χ0v) is 13.6.